The number of para-hydroxylation sites is 1. The van der Waals surface area contributed by atoms with Crippen molar-refractivity contribution in [2.45, 2.75) is 26.1 Å². The number of amides is 2. The fourth-order valence-electron chi connectivity index (χ4n) is 5.35. The Bertz CT molecular complexity index is 1640. The van der Waals surface area contributed by atoms with Crippen LogP contribution in [0.1, 0.15) is 34.1 Å². The molecular formula is C32H31N5O3. The number of benzene rings is 3. The minimum atomic E-state index is -0.345. The largest absolute Gasteiger partial charge is 0.497 e. The van der Waals surface area contributed by atoms with Gasteiger partial charge in [0.05, 0.1) is 43.9 Å². The molecule has 6 rings (SSSR count). The maximum absolute atomic E-state index is 14.0. The van der Waals surface area contributed by atoms with Gasteiger partial charge in [-0.3, -0.25) is 0 Å². The highest BCUT2D eigenvalue weighted by atomic mass is 16.5. The lowest BCUT2D eigenvalue weighted by atomic mass is 10.0. The zero-order valence-corrected chi connectivity index (χ0v) is 22.7. The molecule has 202 valence electrons. The Morgan fingerprint density at radius 3 is 2.45 bits per heavy atom. The zero-order chi connectivity index (χ0) is 27.6. The van der Waals surface area contributed by atoms with E-state index in [9.17, 15) is 4.79 Å². The lowest BCUT2D eigenvalue weighted by Gasteiger charge is -2.31. The molecule has 1 N–H and O–H groups in total. The van der Waals surface area contributed by atoms with Gasteiger partial charge in [0.15, 0.2) is 0 Å². The second kappa shape index (κ2) is 10.6. The van der Waals surface area contributed by atoms with Crippen molar-refractivity contribution in [1.82, 2.24) is 24.6 Å². The average molecular weight is 534 g/mol. The Morgan fingerprint density at radius 1 is 0.925 bits per heavy atom. The van der Waals surface area contributed by atoms with Crippen LogP contribution >= 0.6 is 0 Å². The molecule has 8 heteroatoms. The van der Waals surface area contributed by atoms with Crippen molar-refractivity contribution in [3.05, 3.63) is 125 Å². The van der Waals surface area contributed by atoms with E-state index in [1.54, 1.807) is 14.2 Å². The second-order valence-corrected chi connectivity index (χ2v) is 9.75. The molecule has 5 aromatic rings. The van der Waals surface area contributed by atoms with Crippen LogP contribution in [0, 0.1) is 6.92 Å². The fraction of sp³-hybridized carbons (Fsp3) is 0.188. The summed E-state index contributed by atoms with van der Waals surface area (Å²) in [7, 11) is 3.29. The molecule has 0 spiro atoms. The van der Waals surface area contributed by atoms with E-state index in [2.05, 4.69) is 16.0 Å². The molecular weight excluding hydrogens is 502 g/mol. The lowest BCUT2D eigenvalue weighted by Crippen LogP contribution is -2.41. The molecule has 0 saturated heterocycles. The minimum absolute atomic E-state index is 0.170. The van der Waals surface area contributed by atoms with Crippen LogP contribution in [0.25, 0.3) is 11.5 Å². The molecule has 1 atom stereocenters. The van der Waals surface area contributed by atoms with Crippen LogP contribution in [0.2, 0.25) is 0 Å². The van der Waals surface area contributed by atoms with E-state index in [1.807, 2.05) is 108 Å². The van der Waals surface area contributed by atoms with E-state index < -0.39 is 0 Å². The number of nitrogens with one attached hydrogen (secondary N) is 1. The first-order chi connectivity index (χ1) is 19.6. The first-order valence-corrected chi connectivity index (χ1v) is 13.2. The number of aryl methyl sites for hydroxylation is 1. The number of ether oxygens (including phenoxy) is 2. The molecule has 1 aliphatic rings. The van der Waals surface area contributed by atoms with Crippen LogP contribution in [-0.2, 0) is 13.1 Å². The molecule has 2 amide bonds. The smallest absolute Gasteiger partial charge is 0.318 e. The molecule has 0 bridgehead atoms. The van der Waals surface area contributed by atoms with Gasteiger partial charge >= 0.3 is 6.03 Å². The molecule has 2 aromatic heterocycles. The summed E-state index contributed by atoms with van der Waals surface area (Å²) < 4.78 is 14.9. The van der Waals surface area contributed by atoms with Gasteiger partial charge in [-0.1, -0.05) is 42.5 Å². The summed E-state index contributed by atoms with van der Waals surface area (Å²) in [6.45, 7) is 2.76. The number of fused-ring (bicyclic) bond motifs is 3. The van der Waals surface area contributed by atoms with Gasteiger partial charge in [0.25, 0.3) is 0 Å². The first kappa shape index (κ1) is 25.3. The SMILES string of the molecule is COc1ccc([C@@H]2c3cccn3-c3c(c(C)nn3-c3ccccc3)CN2C(=O)NCc2cccc(OC)c2)cc1. The van der Waals surface area contributed by atoms with E-state index in [4.69, 9.17) is 14.6 Å². The third-order valence-corrected chi connectivity index (χ3v) is 7.36. The van der Waals surface area contributed by atoms with Crippen molar-refractivity contribution in [3.63, 3.8) is 0 Å². The minimum Gasteiger partial charge on any atom is -0.497 e. The fourth-order valence-corrected chi connectivity index (χ4v) is 5.35. The Labute approximate surface area is 233 Å². The first-order valence-electron chi connectivity index (χ1n) is 13.2. The number of rotatable bonds is 6. The Morgan fingerprint density at radius 2 is 1.70 bits per heavy atom. The van der Waals surface area contributed by atoms with Gasteiger partial charge in [0.2, 0.25) is 0 Å². The normalized spacial score (nSPS) is 14.2. The number of hydrogen-bond donors (Lipinski definition) is 1. The van der Waals surface area contributed by atoms with Crippen molar-refractivity contribution in [2.24, 2.45) is 0 Å². The molecule has 8 nitrogen and oxygen atoms in total. The van der Waals surface area contributed by atoms with Gasteiger partial charge in [-0.05, 0) is 66.6 Å². The highest BCUT2D eigenvalue weighted by Gasteiger charge is 2.36. The van der Waals surface area contributed by atoms with Gasteiger partial charge in [-0.25, -0.2) is 9.48 Å². The predicted molar refractivity (Wildman–Crippen MR) is 153 cm³/mol. The highest BCUT2D eigenvalue weighted by Crippen LogP contribution is 2.38. The van der Waals surface area contributed by atoms with Crippen LogP contribution in [0.15, 0.2) is 97.2 Å². The van der Waals surface area contributed by atoms with Gasteiger partial charge < -0.3 is 24.3 Å². The molecule has 1 aliphatic heterocycles. The molecule has 3 heterocycles. The summed E-state index contributed by atoms with van der Waals surface area (Å²) in [6.07, 6.45) is 2.04. The van der Waals surface area contributed by atoms with E-state index in [0.717, 1.165) is 51.1 Å². The van der Waals surface area contributed by atoms with Gasteiger partial charge in [0, 0.05) is 18.3 Å². The maximum atomic E-state index is 14.0. The van der Waals surface area contributed by atoms with Crippen LogP contribution < -0.4 is 14.8 Å². The van der Waals surface area contributed by atoms with E-state index in [1.165, 1.54) is 0 Å². The van der Waals surface area contributed by atoms with Crippen LogP contribution in [0.5, 0.6) is 11.5 Å². The van der Waals surface area contributed by atoms with Crippen LogP contribution in [0.3, 0.4) is 0 Å². The topological polar surface area (TPSA) is 73.5 Å². The van der Waals surface area contributed by atoms with Crippen LogP contribution in [0.4, 0.5) is 4.79 Å². The Kier molecular flexibility index (Phi) is 6.74. The summed E-state index contributed by atoms with van der Waals surface area (Å²) in [6, 6.07) is 29.3. The summed E-state index contributed by atoms with van der Waals surface area (Å²) in [5, 5.41) is 8.07. The summed E-state index contributed by atoms with van der Waals surface area (Å²) >= 11 is 0. The van der Waals surface area contributed by atoms with Gasteiger partial charge in [0.1, 0.15) is 17.3 Å². The third kappa shape index (κ3) is 4.58. The second-order valence-electron chi connectivity index (χ2n) is 9.75. The average Bonchev–Trinajstić information content (AvgIpc) is 3.56. The number of aromatic nitrogens is 3. The number of hydrogen-bond acceptors (Lipinski definition) is 4. The molecule has 40 heavy (non-hydrogen) atoms. The molecule has 0 fully saturated rings. The molecule has 0 saturated carbocycles. The molecule has 0 radical (unpaired) electrons. The summed E-state index contributed by atoms with van der Waals surface area (Å²) in [5.74, 6) is 2.45. The predicted octanol–water partition coefficient (Wildman–Crippen LogP) is 5.80. The van der Waals surface area contributed by atoms with Crippen molar-refractivity contribution >= 4 is 6.03 Å². The van der Waals surface area contributed by atoms with Crippen molar-refractivity contribution in [1.29, 1.82) is 0 Å². The maximum Gasteiger partial charge on any atom is 0.318 e. The van der Waals surface area contributed by atoms with E-state index in [0.29, 0.717) is 13.1 Å². The Hall–Kier alpha value is -4.98. The van der Waals surface area contributed by atoms with Gasteiger partial charge in [-0.2, -0.15) is 5.10 Å². The molecule has 3 aromatic carbocycles. The summed E-state index contributed by atoms with van der Waals surface area (Å²) in [5.41, 5.74) is 5.74. The van der Waals surface area contributed by atoms with E-state index >= 15 is 0 Å². The quantitative estimate of drug-likeness (QED) is 0.299. The number of carbonyl (C=O) groups is 1. The number of urea groups is 1. The Balaban J connectivity index is 1.45. The zero-order valence-electron chi connectivity index (χ0n) is 22.7. The van der Waals surface area contributed by atoms with Gasteiger partial charge in [-0.15, -0.1) is 0 Å². The van der Waals surface area contributed by atoms with Crippen molar-refractivity contribution in [3.8, 4) is 23.0 Å². The third-order valence-electron chi connectivity index (χ3n) is 7.36. The number of nitrogens with zero attached hydrogens (tertiary/aromatic N) is 4. The van der Waals surface area contributed by atoms with Crippen molar-refractivity contribution in [2.75, 3.05) is 14.2 Å². The molecule has 0 aliphatic carbocycles. The van der Waals surface area contributed by atoms with Crippen molar-refractivity contribution < 1.29 is 14.3 Å². The highest BCUT2D eigenvalue weighted by molar-refractivity contribution is 5.76. The monoisotopic (exact) mass is 533 g/mol. The lowest BCUT2D eigenvalue weighted by molar-refractivity contribution is 0.180. The molecule has 0 unspecified atom stereocenters. The number of carbonyl (C=O) groups excluding carboxylic acids is 1. The standard InChI is InChI=1S/C32H31N5O3/c1-22-28-21-36(32(38)33-20-23-9-7-12-27(19-23)40-3)30(24-14-16-26(39-2)17-15-24)29-13-8-18-35(29)31(28)37(34-22)25-10-5-4-6-11-25/h4-19,30H,20-21H2,1-3H3,(H,33,38)/t30-/m1/s1. The summed E-state index contributed by atoms with van der Waals surface area (Å²) in [4.78, 5) is 15.9. The number of methoxy groups -OCH3 is 2. The van der Waals surface area contributed by atoms with Crippen LogP contribution in [-0.4, -0.2) is 39.5 Å². The van der Waals surface area contributed by atoms with E-state index in [-0.39, 0.29) is 12.1 Å².